The standard InChI is InChI=1S/C9H16N2O2/c1-7-6-11(2-3-13-7)9(12)8-4-10-5-8/h7-8,10H,2-6H2,1H3. The predicted octanol–water partition coefficient (Wildman–Crippen LogP) is -0.547. The zero-order valence-electron chi connectivity index (χ0n) is 7.95. The number of nitrogens with one attached hydrogen (secondary N) is 1. The van der Waals surface area contributed by atoms with E-state index in [4.69, 9.17) is 4.74 Å². The third kappa shape index (κ3) is 1.84. The van der Waals surface area contributed by atoms with E-state index < -0.39 is 0 Å². The van der Waals surface area contributed by atoms with Crippen LogP contribution in [0.5, 0.6) is 0 Å². The number of ether oxygens (including phenoxy) is 1. The van der Waals surface area contributed by atoms with E-state index in [1.54, 1.807) is 0 Å². The second-order valence-electron chi connectivity index (χ2n) is 3.82. The first-order valence-corrected chi connectivity index (χ1v) is 4.88. The summed E-state index contributed by atoms with van der Waals surface area (Å²) in [4.78, 5) is 13.7. The number of hydrogen-bond acceptors (Lipinski definition) is 3. The first kappa shape index (κ1) is 8.97. The molecule has 2 saturated heterocycles. The van der Waals surface area contributed by atoms with Crippen LogP contribution >= 0.6 is 0 Å². The topological polar surface area (TPSA) is 41.6 Å². The largest absolute Gasteiger partial charge is 0.375 e. The van der Waals surface area contributed by atoms with Crippen molar-refractivity contribution in [2.75, 3.05) is 32.8 Å². The maximum atomic E-state index is 11.8. The molecule has 74 valence electrons. The van der Waals surface area contributed by atoms with Crippen LogP contribution in [-0.4, -0.2) is 49.7 Å². The van der Waals surface area contributed by atoms with E-state index >= 15 is 0 Å². The second-order valence-corrected chi connectivity index (χ2v) is 3.82. The fourth-order valence-corrected chi connectivity index (χ4v) is 1.74. The zero-order chi connectivity index (χ0) is 9.26. The third-order valence-electron chi connectivity index (χ3n) is 2.68. The zero-order valence-corrected chi connectivity index (χ0v) is 7.95. The summed E-state index contributed by atoms with van der Waals surface area (Å²) in [5.74, 6) is 0.527. The van der Waals surface area contributed by atoms with E-state index in [1.807, 2.05) is 11.8 Å². The maximum absolute atomic E-state index is 11.8. The summed E-state index contributed by atoms with van der Waals surface area (Å²) in [7, 11) is 0. The predicted molar refractivity (Wildman–Crippen MR) is 48.4 cm³/mol. The van der Waals surface area contributed by atoms with Gasteiger partial charge in [-0.1, -0.05) is 0 Å². The van der Waals surface area contributed by atoms with E-state index in [2.05, 4.69) is 5.32 Å². The Bertz CT molecular complexity index is 204. The highest BCUT2D eigenvalue weighted by Crippen LogP contribution is 2.12. The molecule has 0 spiro atoms. The molecule has 2 aliphatic heterocycles. The fourth-order valence-electron chi connectivity index (χ4n) is 1.74. The van der Waals surface area contributed by atoms with E-state index in [1.165, 1.54) is 0 Å². The van der Waals surface area contributed by atoms with Crippen LogP contribution in [0.2, 0.25) is 0 Å². The quantitative estimate of drug-likeness (QED) is 0.594. The molecule has 2 rings (SSSR count). The summed E-state index contributed by atoms with van der Waals surface area (Å²) in [5, 5.41) is 3.11. The lowest BCUT2D eigenvalue weighted by Gasteiger charge is -2.36. The van der Waals surface area contributed by atoms with Crippen LogP contribution in [0, 0.1) is 5.92 Å². The van der Waals surface area contributed by atoms with Crippen LogP contribution in [-0.2, 0) is 9.53 Å². The summed E-state index contributed by atoms with van der Waals surface area (Å²) < 4.78 is 5.38. The van der Waals surface area contributed by atoms with Gasteiger partial charge in [0.1, 0.15) is 0 Å². The Morgan fingerprint density at radius 1 is 1.54 bits per heavy atom. The Morgan fingerprint density at radius 2 is 2.31 bits per heavy atom. The minimum absolute atomic E-state index is 0.200. The van der Waals surface area contributed by atoms with Crippen molar-refractivity contribution >= 4 is 5.91 Å². The smallest absolute Gasteiger partial charge is 0.228 e. The lowest BCUT2D eigenvalue weighted by atomic mass is 10.0. The summed E-state index contributed by atoms with van der Waals surface area (Å²) in [5.41, 5.74) is 0. The number of amides is 1. The van der Waals surface area contributed by atoms with Gasteiger partial charge in [0.15, 0.2) is 0 Å². The number of rotatable bonds is 1. The first-order valence-electron chi connectivity index (χ1n) is 4.88. The monoisotopic (exact) mass is 184 g/mol. The number of morpholine rings is 1. The van der Waals surface area contributed by atoms with Crippen molar-refractivity contribution < 1.29 is 9.53 Å². The number of nitrogens with zero attached hydrogens (tertiary/aromatic N) is 1. The summed E-state index contributed by atoms with van der Waals surface area (Å²) in [6.07, 6.45) is 0.200. The van der Waals surface area contributed by atoms with Crippen molar-refractivity contribution in [1.29, 1.82) is 0 Å². The normalized spacial score (nSPS) is 29.9. The van der Waals surface area contributed by atoms with Crippen LogP contribution in [0.1, 0.15) is 6.92 Å². The van der Waals surface area contributed by atoms with Crippen molar-refractivity contribution in [3.63, 3.8) is 0 Å². The number of hydrogen-bond donors (Lipinski definition) is 1. The molecular weight excluding hydrogens is 168 g/mol. The third-order valence-corrected chi connectivity index (χ3v) is 2.68. The molecule has 1 amide bonds. The van der Waals surface area contributed by atoms with Crippen LogP contribution in [0.25, 0.3) is 0 Å². The summed E-state index contributed by atoms with van der Waals surface area (Å²) in [6, 6.07) is 0. The van der Waals surface area contributed by atoms with Gasteiger partial charge in [-0.3, -0.25) is 4.79 Å². The molecule has 1 N–H and O–H groups in total. The van der Waals surface area contributed by atoms with Gasteiger partial charge in [-0.25, -0.2) is 0 Å². The van der Waals surface area contributed by atoms with Gasteiger partial charge >= 0.3 is 0 Å². The Hall–Kier alpha value is -0.610. The van der Waals surface area contributed by atoms with Gasteiger partial charge in [-0.15, -0.1) is 0 Å². The fraction of sp³-hybridized carbons (Fsp3) is 0.889. The Kier molecular flexibility index (Phi) is 2.51. The number of carbonyl (C=O) groups is 1. The molecule has 2 fully saturated rings. The lowest BCUT2D eigenvalue weighted by Crippen LogP contribution is -2.55. The highest BCUT2D eigenvalue weighted by molar-refractivity contribution is 5.80. The average molecular weight is 184 g/mol. The maximum Gasteiger partial charge on any atom is 0.228 e. The van der Waals surface area contributed by atoms with E-state index in [0.717, 1.165) is 26.2 Å². The van der Waals surface area contributed by atoms with Crippen LogP contribution in [0.15, 0.2) is 0 Å². The summed E-state index contributed by atoms with van der Waals surface area (Å²) in [6.45, 7) is 5.93. The van der Waals surface area contributed by atoms with Gasteiger partial charge in [-0.05, 0) is 6.92 Å². The highest BCUT2D eigenvalue weighted by Gasteiger charge is 2.31. The van der Waals surface area contributed by atoms with E-state index in [-0.39, 0.29) is 12.0 Å². The molecule has 0 aromatic rings. The van der Waals surface area contributed by atoms with Crippen molar-refractivity contribution in [3.8, 4) is 0 Å². The second kappa shape index (κ2) is 3.64. The molecule has 4 nitrogen and oxygen atoms in total. The molecule has 0 aromatic heterocycles. The molecule has 0 saturated carbocycles. The Morgan fingerprint density at radius 3 is 2.85 bits per heavy atom. The van der Waals surface area contributed by atoms with Gasteiger partial charge in [0.2, 0.25) is 5.91 Å². The van der Waals surface area contributed by atoms with Gasteiger partial charge in [0, 0.05) is 26.2 Å². The van der Waals surface area contributed by atoms with E-state index in [9.17, 15) is 4.79 Å². The minimum Gasteiger partial charge on any atom is -0.375 e. The lowest BCUT2D eigenvalue weighted by molar-refractivity contribution is -0.144. The van der Waals surface area contributed by atoms with Crippen LogP contribution in [0.4, 0.5) is 0 Å². The molecule has 2 aliphatic rings. The Labute approximate surface area is 78.2 Å². The molecule has 0 radical (unpaired) electrons. The molecule has 2 heterocycles. The van der Waals surface area contributed by atoms with Crippen molar-refractivity contribution in [2.45, 2.75) is 13.0 Å². The molecule has 1 unspecified atom stereocenters. The molecular formula is C9H16N2O2. The van der Waals surface area contributed by atoms with Crippen LogP contribution < -0.4 is 5.32 Å². The average Bonchev–Trinajstić information content (AvgIpc) is 2.01. The first-order chi connectivity index (χ1) is 6.27. The molecule has 4 heteroatoms. The molecule has 13 heavy (non-hydrogen) atoms. The highest BCUT2D eigenvalue weighted by atomic mass is 16.5. The molecule has 0 aliphatic carbocycles. The van der Waals surface area contributed by atoms with Crippen LogP contribution in [0.3, 0.4) is 0 Å². The molecule has 0 bridgehead atoms. The Balaban J connectivity index is 1.87. The van der Waals surface area contributed by atoms with E-state index in [0.29, 0.717) is 12.5 Å². The summed E-state index contributed by atoms with van der Waals surface area (Å²) >= 11 is 0. The van der Waals surface area contributed by atoms with Gasteiger partial charge in [0.25, 0.3) is 0 Å². The van der Waals surface area contributed by atoms with Gasteiger partial charge in [0.05, 0.1) is 18.6 Å². The molecule has 0 aromatic carbocycles. The SMILES string of the molecule is CC1CN(C(=O)C2CNC2)CCO1. The van der Waals surface area contributed by atoms with Gasteiger partial charge < -0.3 is 15.0 Å². The van der Waals surface area contributed by atoms with Crippen molar-refractivity contribution in [3.05, 3.63) is 0 Å². The minimum atomic E-state index is 0.200. The van der Waals surface area contributed by atoms with Crippen molar-refractivity contribution in [2.24, 2.45) is 5.92 Å². The van der Waals surface area contributed by atoms with Crippen molar-refractivity contribution in [1.82, 2.24) is 10.2 Å². The van der Waals surface area contributed by atoms with Gasteiger partial charge in [-0.2, -0.15) is 0 Å². The molecule has 1 atom stereocenters. The number of carbonyl (C=O) groups excluding carboxylic acids is 1.